The van der Waals surface area contributed by atoms with Gasteiger partial charge in [-0.1, -0.05) is 24.6 Å². The molecule has 3 atom stereocenters. The third-order valence-corrected chi connectivity index (χ3v) is 6.22. The van der Waals surface area contributed by atoms with E-state index in [4.69, 9.17) is 4.74 Å². The maximum absolute atomic E-state index is 12.3. The summed E-state index contributed by atoms with van der Waals surface area (Å²) in [6, 6.07) is 5.78. The summed E-state index contributed by atoms with van der Waals surface area (Å²) >= 11 is 0. The smallest absolute Gasteiger partial charge is 0.306 e. The van der Waals surface area contributed by atoms with Crippen LogP contribution in [0.2, 0.25) is 0 Å². The molecule has 0 heterocycles. The molecule has 0 saturated heterocycles. The lowest BCUT2D eigenvalue weighted by molar-refractivity contribution is -0.152. The number of aryl methyl sites for hydroxylation is 2. The van der Waals surface area contributed by atoms with Gasteiger partial charge in [-0.15, -0.1) is 0 Å². The van der Waals surface area contributed by atoms with Crippen molar-refractivity contribution in [3.63, 3.8) is 0 Å². The molecule has 2 saturated carbocycles. The van der Waals surface area contributed by atoms with Crippen LogP contribution in [0.4, 0.5) is 5.69 Å². The highest BCUT2D eigenvalue weighted by atomic mass is 16.5. The van der Waals surface area contributed by atoms with Crippen LogP contribution in [-0.4, -0.2) is 42.9 Å². The number of nitrogens with zero attached hydrogens (tertiary/aromatic N) is 1. The number of fused-ring (bicyclic) bond motifs is 2. The van der Waals surface area contributed by atoms with Crippen molar-refractivity contribution < 1.29 is 19.1 Å². The first-order valence-corrected chi connectivity index (χ1v) is 10.1. The quantitative estimate of drug-likeness (QED) is 0.731. The predicted octanol–water partition coefficient (Wildman–Crippen LogP) is 3.07. The van der Waals surface area contributed by atoms with E-state index in [1.54, 1.807) is 0 Å². The Morgan fingerprint density at radius 2 is 1.86 bits per heavy atom. The third kappa shape index (κ3) is 4.91. The second-order valence-corrected chi connectivity index (χ2v) is 8.36. The Balaban J connectivity index is 1.40. The topological polar surface area (TPSA) is 75.7 Å². The molecule has 1 aromatic carbocycles. The second-order valence-electron chi connectivity index (χ2n) is 8.36. The van der Waals surface area contributed by atoms with Crippen LogP contribution in [0.5, 0.6) is 0 Å². The molecule has 0 radical (unpaired) electrons. The van der Waals surface area contributed by atoms with E-state index in [0.717, 1.165) is 29.2 Å². The normalized spacial score (nSPS) is 22.8. The summed E-state index contributed by atoms with van der Waals surface area (Å²) in [7, 11) is 1.54. The van der Waals surface area contributed by atoms with Gasteiger partial charge in [0.2, 0.25) is 5.91 Å². The highest BCUT2D eigenvalue weighted by Gasteiger charge is 2.40. The molecule has 2 aliphatic carbocycles. The SMILES string of the molecule is Cc1cccc(C)c1NC(=O)CN(C)C(=O)COC(=O)C[C@H]1C[C@@H]2CC[C@@H]1C2. The van der Waals surface area contributed by atoms with Gasteiger partial charge in [0.15, 0.2) is 6.61 Å². The number of ether oxygens (including phenoxy) is 1. The summed E-state index contributed by atoms with van der Waals surface area (Å²) in [5.74, 6) is 0.900. The molecule has 0 unspecified atom stereocenters. The van der Waals surface area contributed by atoms with E-state index in [9.17, 15) is 14.4 Å². The van der Waals surface area contributed by atoms with Crippen LogP contribution >= 0.6 is 0 Å². The van der Waals surface area contributed by atoms with Crippen LogP contribution in [0.15, 0.2) is 18.2 Å². The Bertz CT molecular complexity index is 741. The molecule has 2 amide bonds. The largest absolute Gasteiger partial charge is 0.456 e. The number of para-hydroxylation sites is 1. The van der Waals surface area contributed by atoms with E-state index < -0.39 is 0 Å². The van der Waals surface area contributed by atoms with Crippen molar-refractivity contribution in [2.45, 2.75) is 46.0 Å². The van der Waals surface area contributed by atoms with Crippen LogP contribution in [0.3, 0.4) is 0 Å². The number of rotatable bonds is 7. The Kier molecular flexibility index (Phi) is 6.37. The number of amides is 2. The maximum Gasteiger partial charge on any atom is 0.306 e. The Labute approximate surface area is 166 Å². The lowest BCUT2D eigenvalue weighted by Crippen LogP contribution is -2.37. The van der Waals surface area contributed by atoms with E-state index in [-0.39, 0.29) is 30.9 Å². The first kappa shape index (κ1) is 20.4. The standard InChI is InChI=1S/C22H30N2O4/c1-14-5-4-6-15(2)22(14)23-19(25)12-24(3)20(26)13-28-21(27)11-18-10-16-7-8-17(18)9-16/h4-6,16-18H,7-13H2,1-3H3,(H,23,25)/t16-,17-,18-/m1/s1. The average molecular weight is 386 g/mol. The van der Waals surface area contributed by atoms with Crippen molar-refractivity contribution in [3.8, 4) is 0 Å². The fourth-order valence-electron chi connectivity index (χ4n) is 4.65. The molecule has 3 rings (SSSR count). The molecule has 28 heavy (non-hydrogen) atoms. The Morgan fingerprint density at radius 3 is 2.46 bits per heavy atom. The minimum absolute atomic E-state index is 0.0868. The zero-order chi connectivity index (χ0) is 20.3. The van der Waals surface area contributed by atoms with Crippen molar-refractivity contribution in [1.82, 2.24) is 4.90 Å². The lowest BCUT2D eigenvalue weighted by atomic mass is 9.86. The van der Waals surface area contributed by atoms with Gasteiger partial charge in [0.05, 0.1) is 6.54 Å². The molecule has 0 aromatic heterocycles. The number of esters is 1. The van der Waals surface area contributed by atoms with Crippen molar-refractivity contribution in [2.75, 3.05) is 25.5 Å². The Hall–Kier alpha value is -2.37. The molecule has 2 fully saturated rings. The summed E-state index contributed by atoms with van der Waals surface area (Å²) in [6.07, 6.45) is 5.29. The lowest BCUT2D eigenvalue weighted by Gasteiger charge is -2.21. The van der Waals surface area contributed by atoms with Crippen LogP contribution in [0.1, 0.15) is 43.2 Å². The number of nitrogens with one attached hydrogen (secondary N) is 1. The monoisotopic (exact) mass is 386 g/mol. The molecule has 6 heteroatoms. The fourth-order valence-corrected chi connectivity index (χ4v) is 4.65. The molecular weight excluding hydrogens is 356 g/mol. The van der Waals surface area contributed by atoms with Crippen molar-refractivity contribution in [3.05, 3.63) is 29.3 Å². The van der Waals surface area contributed by atoms with Gasteiger partial charge in [-0.2, -0.15) is 0 Å². The average Bonchev–Trinajstić information content (AvgIpc) is 3.25. The van der Waals surface area contributed by atoms with E-state index >= 15 is 0 Å². The minimum atomic E-state index is -0.377. The Morgan fingerprint density at radius 1 is 1.14 bits per heavy atom. The fraction of sp³-hybridized carbons (Fsp3) is 0.591. The number of likely N-dealkylation sites (N-methyl/N-ethyl adjacent to an activating group) is 1. The first-order chi connectivity index (χ1) is 13.3. The molecule has 6 nitrogen and oxygen atoms in total. The van der Waals surface area contributed by atoms with Crippen LogP contribution in [-0.2, 0) is 19.1 Å². The molecule has 1 N–H and O–H groups in total. The molecule has 2 aliphatic rings. The van der Waals surface area contributed by atoms with Gasteiger partial charge in [-0.25, -0.2) is 0 Å². The van der Waals surface area contributed by atoms with E-state index in [2.05, 4.69) is 5.32 Å². The summed E-state index contributed by atoms with van der Waals surface area (Å²) in [5.41, 5.74) is 2.71. The van der Waals surface area contributed by atoms with Gasteiger partial charge < -0.3 is 15.0 Å². The molecule has 0 spiro atoms. The summed E-state index contributed by atoms with van der Waals surface area (Å²) in [6.45, 7) is 3.45. The van der Waals surface area contributed by atoms with Gasteiger partial charge in [0.1, 0.15) is 0 Å². The summed E-state index contributed by atoms with van der Waals surface area (Å²) in [4.78, 5) is 37.8. The van der Waals surface area contributed by atoms with Crippen LogP contribution in [0, 0.1) is 31.6 Å². The number of hydrogen-bond acceptors (Lipinski definition) is 4. The van der Waals surface area contributed by atoms with Gasteiger partial charge in [0.25, 0.3) is 5.91 Å². The number of anilines is 1. The second kappa shape index (κ2) is 8.76. The molecule has 1 aromatic rings. The van der Waals surface area contributed by atoms with Gasteiger partial charge in [-0.3, -0.25) is 14.4 Å². The third-order valence-electron chi connectivity index (χ3n) is 6.22. The molecule has 152 valence electrons. The van der Waals surface area contributed by atoms with Crippen molar-refractivity contribution in [2.24, 2.45) is 17.8 Å². The first-order valence-electron chi connectivity index (χ1n) is 10.1. The number of carbonyl (C=O) groups excluding carboxylic acids is 3. The van der Waals surface area contributed by atoms with E-state index in [1.165, 1.54) is 31.2 Å². The van der Waals surface area contributed by atoms with Crippen molar-refractivity contribution >= 4 is 23.5 Å². The molecule has 2 bridgehead atoms. The predicted molar refractivity (Wildman–Crippen MR) is 107 cm³/mol. The maximum atomic E-state index is 12.3. The molecular formula is C22H30N2O4. The van der Waals surface area contributed by atoms with Crippen LogP contribution in [0.25, 0.3) is 0 Å². The minimum Gasteiger partial charge on any atom is -0.456 e. The van der Waals surface area contributed by atoms with E-state index in [0.29, 0.717) is 18.3 Å². The van der Waals surface area contributed by atoms with Crippen LogP contribution < -0.4 is 5.32 Å². The highest BCUT2D eigenvalue weighted by molar-refractivity contribution is 5.96. The highest BCUT2D eigenvalue weighted by Crippen LogP contribution is 2.49. The van der Waals surface area contributed by atoms with Gasteiger partial charge in [0, 0.05) is 19.2 Å². The zero-order valence-corrected chi connectivity index (χ0v) is 17.0. The summed E-state index contributed by atoms with van der Waals surface area (Å²) < 4.78 is 5.17. The van der Waals surface area contributed by atoms with Gasteiger partial charge >= 0.3 is 5.97 Å². The zero-order valence-electron chi connectivity index (χ0n) is 17.0. The summed E-state index contributed by atoms with van der Waals surface area (Å²) in [5, 5.41) is 2.85. The molecule has 0 aliphatic heterocycles. The van der Waals surface area contributed by atoms with Gasteiger partial charge in [-0.05, 0) is 62.0 Å². The van der Waals surface area contributed by atoms with E-state index in [1.807, 2.05) is 32.0 Å². The number of benzene rings is 1. The number of carbonyl (C=O) groups is 3. The van der Waals surface area contributed by atoms with Crippen molar-refractivity contribution in [1.29, 1.82) is 0 Å². The number of hydrogen-bond donors (Lipinski definition) is 1.